The Kier molecular flexibility index (Phi) is 7.75. The lowest BCUT2D eigenvalue weighted by Crippen LogP contribution is -2.24. The minimum atomic E-state index is -1.19. The molecule has 1 aromatic carbocycles. The molecule has 0 atom stereocenters. The SMILES string of the molecule is CCCCCCOc1ccccc1/C=C(\NC(C)=O)C(=O)O. The molecule has 5 nitrogen and oxygen atoms in total. The van der Waals surface area contributed by atoms with Gasteiger partial charge in [-0.25, -0.2) is 4.79 Å². The van der Waals surface area contributed by atoms with E-state index in [1.165, 1.54) is 19.4 Å². The molecule has 1 rings (SSSR count). The van der Waals surface area contributed by atoms with Crippen LogP contribution in [0.3, 0.4) is 0 Å². The molecular formula is C17H23NO4. The summed E-state index contributed by atoms with van der Waals surface area (Å²) in [7, 11) is 0. The fourth-order valence-corrected chi connectivity index (χ4v) is 1.94. The molecule has 0 aliphatic carbocycles. The van der Waals surface area contributed by atoms with Gasteiger partial charge in [0.25, 0.3) is 0 Å². The summed E-state index contributed by atoms with van der Waals surface area (Å²) in [5.74, 6) is -0.998. The molecule has 0 spiro atoms. The van der Waals surface area contributed by atoms with E-state index in [2.05, 4.69) is 12.2 Å². The highest BCUT2D eigenvalue weighted by Crippen LogP contribution is 2.21. The fraction of sp³-hybridized carbons (Fsp3) is 0.412. The first-order chi connectivity index (χ1) is 10.5. The predicted octanol–water partition coefficient (Wildman–Crippen LogP) is 3.21. The number of para-hydroxylation sites is 1. The van der Waals surface area contributed by atoms with Crippen molar-refractivity contribution in [2.75, 3.05) is 6.61 Å². The molecule has 120 valence electrons. The molecule has 2 N–H and O–H groups in total. The van der Waals surface area contributed by atoms with Gasteiger partial charge in [-0.1, -0.05) is 44.4 Å². The van der Waals surface area contributed by atoms with Gasteiger partial charge in [0.2, 0.25) is 5.91 Å². The smallest absolute Gasteiger partial charge is 0.352 e. The molecule has 0 saturated heterocycles. The molecule has 0 fully saturated rings. The molecule has 0 heterocycles. The lowest BCUT2D eigenvalue weighted by Gasteiger charge is -2.10. The number of benzene rings is 1. The Bertz CT molecular complexity index is 537. The van der Waals surface area contributed by atoms with Gasteiger partial charge in [-0.15, -0.1) is 0 Å². The maximum Gasteiger partial charge on any atom is 0.352 e. The number of ether oxygens (including phenoxy) is 1. The summed E-state index contributed by atoms with van der Waals surface area (Å²) in [5.41, 5.74) is 0.457. The average molecular weight is 305 g/mol. The number of rotatable bonds is 9. The zero-order valence-corrected chi connectivity index (χ0v) is 13.1. The lowest BCUT2D eigenvalue weighted by atomic mass is 10.1. The minimum absolute atomic E-state index is 0.172. The minimum Gasteiger partial charge on any atom is -0.493 e. The first kappa shape index (κ1) is 17.8. The van der Waals surface area contributed by atoms with Crippen molar-refractivity contribution in [2.45, 2.75) is 39.5 Å². The van der Waals surface area contributed by atoms with Crippen LogP contribution in [0.4, 0.5) is 0 Å². The number of nitrogens with one attached hydrogen (secondary N) is 1. The van der Waals surface area contributed by atoms with Gasteiger partial charge in [-0.3, -0.25) is 4.79 Å². The Balaban J connectivity index is 2.80. The van der Waals surface area contributed by atoms with Crippen LogP contribution in [0.15, 0.2) is 30.0 Å². The highest BCUT2D eigenvalue weighted by atomic mass is 16.5. The summed E-state index contributed by atoms with van der Waals surface area (Å²) >= 11 is 0. The molecule has 0 unspecified atom stereocenters. The van der Waals surface area contributed by atoms with Crippen LogP contribution in [-0.4, -0.2) is 23.6 Å². The summed E-state index contributed by atoms with van der Waals surface area (Å²) in [6.07, 6.45) is 5.82. The van der Waals surface area contributed by atoms with Gasteiger partial charge in [0.1, 0.15) is 11.4 Å². The number of aliphatic carboxylic acids is 1. The van der Waals surface area contributed by atoms with Gasteiger partial charge < -0.3 is 15.2 Å². The van der Waals surface area contributed by atoms with Gasteiger partial charge in [-0.05, 0) is 18.6 Å². The Labute approximate surface area is 131 Å². The van der Waals surface area contributed by atoms with E-state index in [0.29, 0.717) is 17.9 Å². The summed E-state index contributed by atoms with van der Waals surface area (Å²) in [4.78, 5) is 22.2. The summed E-state index contributed by atoms with van der Waals surface area (Å²) < 4.78 is 5.72. The zero-order valence-electron chi connectivity index (χ0n) is 13.1. The van der Waals surface area contributed by atoms with Crippen LogP contribution in [0.25, 0.3) is 6.08 Å². The largest absolute Gasteiger partial charge is 0.493 e. The maximum atomic E-state index is 11.2. The second kappa shape index (κ2) is 9.60. The molecule has 0 aromatic heterocycles. The second-order valence-electron chi connectivity index (χ2n) is 4.99. The topological polar surface area (TPSA) is 75.6 Å². The van der Waals surface area contributed by atoms with Crippen LogP contribution >= 0.6 is 0 Å². The van der Waals surface area contributed by atoms with E-state index >= 15 is 0 Å². The molecule has 0 aliphatic heterocycles. The molecule has 1 aromatic rings. The highest BCUT2D eigenvalue weighted by Gasteiger charge is 2.10. The van der Waals surface area contributed by atoms with Crippen LogP contribution in [-0.2, 0) is 9.59 Å². The van der Waals surface area contributed by atoms with E-state index in [9.17, 15) is 9.59 Å². The van der Waals surface area contributed by atoms with Crippen LogP contribution < -0.4 is 10.1 Å². The third-order valence-electron chi connectivity index (χ3n) is 3.02. The van der Waals surface area contributed by atoms with Gasteiger partial charge >= 0.3 is 5.97 Å². The van der Waals surface area contributed by atoms with Crippen molar-refractivity contribution in [1.82, 2.24) is 5.32 Å². The van der Waals surface area contributed by atoms with Gasteiger partial charge in [0.15, 0.2) is 0 Å². The number of carboxylic acid groups (broad SMARTS) is 1. The van der Waals surface area contributed by atoms with E-state index in [1.54, 1.807) is 18.2 Å². The molecule has 22 heavy (non-hydrogen) atoms. The van der Waals surface area contributed by atoms with Crippen LogP contribution in [0.5, 0.6) is 5.75 Å². The van der Waals surface area contributed by atoms with E-state index < -0.39 is 11.9 Å². The van der Waals surface area contributed by atoms with Crippen molar-refractivity contribution in [2.24, 2.45) is 0 Å². The first-order valence-electron chi connectivity index (χ1n) is 7.49. The molecular weight excluding hydrogens is 282 g/mol. The van der Waals surface area contributed by atoms with E-state index in [-0.39, 0.29) is 5.70 Å². The Morgan fingerprint density at radius 2 is 1.95 bits per heavy atom. The molecule has 0 radical (unpaired) electrons. The molecule has 0 saturated carbocycles. The second-order valence-corrected chi connectivity index (χ2v) is 4.99. The third-order valence-corrected chi connectivity index (χ3v) is 3.02. The fourth-order valence-electron chi connectivity index (χ4n) is 1.94. The summed E-state index contributed by atoms with van der Waals surface area (Å²) in [6.45, 7) is 4.01. The maximum absolute atomic E-state index is 11.2. The molecule has 0 aliphatic rings. The van der Waals surface area contributed by atoms with Gasteiger partial charge in [0.05, 0.1) is 6.61 Å². The number of unbranched alkanes of at least 4 members (excludes halogenated alkanes) is 3. The third kappa shape index (κ3) is 6.43. The predicted molar refractivity (Wildman–Crippen MR) is 85.5 cm³/mol. The molecule has 0 bridgehead atoms. The number of carboxylic acids is 1. The normalized spacial score (nSPS) is 11.1. The average Bonchev–Trinajstić information content (AvgIpc) is 2.47. The Morgan fingerprint density at radius 1 is 1.23 bits per heavy atom. The van der Waals surface area contributed by atoms with E-state index in [1.807, 2.05) is 6.07 Å². The van der Waals surface area contributed by atoms with Crippen molar-refractivity contribution < 1.29 is 19.4 Å². The standard InChI is InChI=1S/C17H23NO4/c1-3-4-5-8-11-22-16-10-7-6-9-14(16)12-15(17(20)21)18-13(2)19/h6-7,9-10,12H,3-5,8,11H2,1-2H3,(H,18,19)(H,20,21)/b15-12-. The monoisotopic (exact) mass is 305 g/mol. The quantitative estimate of drug-likeness (QED) is 0.542. The van der Waals surface area contributed by atoms with Crippen molar-refractivity contribution in [3.05, 3.63) is 35.5 Å². The summed E-state index contributed by atoms with van der Waals surface area (Å²) in [5, 5.41) is 11.4. The van der Waals surface area contributed by atoms with Crippen molar-refractivity contribution in [3.63, 3.8) is 0 Å². The first-order valence-corrected chi connectivity index (χ1v) is 7.49. The van der Waals surface area contributed by atoms with Gasteiger partial charge in [0, 0.05) is 12.5 Å². The number of carbonyl (C=O) groups excluding carboxylic acids is 1. The highest BCUT2D eigenvalue weighted by molar-refractivity contribution is 5.96. The number of carbonyl (C=O) groups is 2. The van der Waals surface area contributed by atoms with Crippen LogP contribution in [0.2, 0.25) is 0 Å². The van der Waals surface area contributed by atoms with E-state index in [0.717, 1.165) is 19.3 Å². The van der Waals surface area contributed by atoms with E-state index in [4.69, 9.17) is 9.84 Å². The van der Waals surface area contributed by atoms with Gasteiger partial charge in [-0.2, -0.15) is 0 Å². The number of hydrogen-bond acceptors (Lipinski definition) is 3. The Hall–Kier alpha value is -2.30. The zero-order chi connectivity index (χ0) is 16.4. The van der Waals surface area contributed by atoms with Crippen molar-refractivity contribution in [1.29, 1.82) is 0 Å². The lowest BCUT2D eigenvalue weighted by molar-refractivity contribution is -0.134. The molecule has 1 amide bonds. The van der Waals surface area contributed by atoms with Crippen LogP contribution in [0.1, 0.15) is 45.1 Å². The van der Waals surface area contributed by atoms with Crippen LogP contribution in [0, 0.1) is 0 Å². The number of amides is 1. The van der Waals surface area contributed by atoms with Crippen molar-refractivity contribution >= 4 is 18.0 Å². The molecule has 5 heteroatoms. The summed E-state index contributed by atoms with van der Waals surface area (Å²) in [6, 6.07) is 7.17. The van der Waals surface area contributed by atoms with Crippen molar-refractivity contribution in [3.8, 4) is 5.75 Å². The number of hydrogen-bond donors (Lipinski definition) is 2. The Morgan fingerprint density at radius 3 is 2.59 bits per heavy atom.